The SMILES string of the molecule is Cn1cc(-c2cc(F)c3oc4c(-c5ccc(N6CCOCC6)nc5)nc(=O)n(CCC5CCCO5)c4c3c2)cn1. The number of rotatable bonds is 6. The van der Waals surface area contributed by atoms with Gasteiger partial charge in [0, 0.05) is 62.2 Å². The standard InChI is InChI=1S/C29H29FN6O4/c1-34-17-20(16-32-34)19-13-22-26-28(40-27(22)23(30)14-19)25(33-29(37)36(26)7-6-21-3-2-10-39-21)18-4-5-24(31-15-18)35-8-11-38-12-9-35/h4-5,13-17,21H,2-3,6-12H2,1H3. The fourth-order valence-electron chi connectivity index (χ4n) is 5.67. The van der Waals surface area contributed by atoms with Crippen LogP contribution in [0.15, 0.2) is 52.1 Å². The summed E-state index contributed by atoms with van der Waals surface area (Å²) >= 11 is 0. The van der Waals surface area contributed by atoms with Crippen molar-refractivity contribution in [1.82, 2.24) is 24.3 Å². The summed E-state index contributed by atoms with van der Waals surface area (Å²) in [5, 5.41) is 4.74. The Labute approximate surface area is 228 Å². The predicted octanol–water partition coefficient (Wildman–Crippen LogP) is 4.15. The second-order valence-corrected chi connectivity index (χ2v) is 10.3. The molecule has 1 unspecified atom stereocenters. The highest BCUT2D eigenvalue weighted by atomic mass is 19.1. The molecule has 0 saturated carbocycles. The van der Waals surface area contributed by atoms with E-state index in [9.17, 15) is 4.79 Å². The molecule has 6 heterocycles. The van der Waals surface area contributed by atoms with Crippen molar-refractivity contribution in [3.63, 3.8) is 0 Å². The van der Waals surface area contributed by atoms with Gasteiger partial charge in [0.1, 0.15) is 17.0 Å². The van der Waals surface area contributed by atoms with Crippen LogP contribution in [-0.2, 0) is 23.1 Å². The van der Waals surface area contributed by atoms with E-state index in [1.807, 2.05) is 31.4 Å². The average Bonchev–Trinajstić information content (AvgIpc) is 3.74. The third-order valence-corrected chi connectivity index (χ3v) is 7.73. The number of aryl methyl sites for hydroxylation is 2. The van der Waals surface area contributed by atoms with Crippen LogP contribution >= 0.6 is 0 Å². The van der Waals surface area contributed by atoms with Crippen LogP contribution in [0.5, 0.6) is 0 Å². The summed E-state index contributed by atoms with van der Waals surface area (Å²) < 4.78 is 36.2. The van der Waals surface area contributed by atoms with E-state index in [-0.39, 0.29) is 11.7 Å². The van der Waals surface area contributed by atoms with Gasteiger partial charge in [-0.25, -0.2) is 14.2 Å². The van der Waals surface area contributed by atoms with Gasteiger partial charge in [0.25, 0.3) is 0 Å². The maximum atomic E-state index is 15.6. The van der Waals surface area contributed by atoms with Crippen molar-refractivity contribution in [2.45, 2.75) is 31.9 Å². The van der Waals surface area contributed by atoms with Crippen molar-refractivity contribution in [3.05, 3.63) is 59.2 Å². The number of hydrogen-bond donors (Lipinski definition) is 0. The van der Waals surface area contributed by atoms with Gasteiger partial charge >= 0.3 is 5.69 Å². The van der Waals surface area contributed by atoms with Gasteiger partial charge in [0.05, 0.1) is 25.5 Å². The van der Waals surface area contributed by atoms with Crippen molar-refractivity contribution in [2.24, 2.45) is 7.05 Å². The topological polar surface area (TPSA) is 100 Å². The van der Waals surface area contributed by atoms with Crippen LogP contribution in [0.25, 0.3) is 44.5 Å². The molecule has 2 aliphatic heterocycles. The number of furan rings is 1. The molecule has 0 spiro atoms. The van der Waals surface area contributed by atoms with Gasteiger partial charge in [-0.3, -0.25) is 9.25 Å². The first-order chi connectivity index (χ1) is 19.5. The number of benzene rings is 1. The second-order valence-electron chi connectivity index (χ2n) is 10.3. The molecule has 0 radical (unpaired) electrons. The highest BCUT2D eigenvalue weighted by Gasteiger charge is 2.24. The summed E-state index contributed by atoms with van der Waals surface area (Å²) in [5.74, 6) is 0.308. The molecule has 4 aromatic heterocycles. The third-order valence-electron chi connectivity index (χ3n) is 7.73. The predicted molar refractivity (Wildman–Crippen MR) is 148 cm³/mol. The Balaban J connectivity index is 1.39. The maximum Gasteiger partial charge on any atom is 0.348 e. The summed E-state index contributed by atoms with van der Waals surface area (Å²) in [7, 11) is 1.81. The summed E-state index contributed by atoms with van der Waals surface area (Å²) in [6.45, 7) is 3.95. The Morgan fingerprint density at radius 3 is 2.65 bits per heavy atom. The van der Waals surface area contributed by atoms with Gasteiger partial charge < -0.3 is 18.8 Å². The van der Waals surface area contributed by atoms with Crippen LogP contribution in [0.1, 0.15) is 19.3 Å². The molecule has 40 heavy (non-hydrogen) atoms. The first-order valence-electron chi connectivity index (χ1n) is 13.6. The number of aromatic nitrogens is 5. The van der Waals surface area contributed by atoms with Crippen LogP contribution in [0.3, 0.4) is 0 Å². The van der Waals surface area contributed by atoms with Crippen molar-refractivity contribution >= 4 is 27.9 Å². The normalized spacial score (nSPS) is 17.9. The zero-order valence-corrected chi connectivity index (χ0v) is 22.2. The summed E-state index contributed by atoms with van der Waals surface area (Å²) in [4.78, 5) is 24.8. The Morgan fingerprint density at radius 2 is 1.93 bits per heavy atom. The van der Waals surface area contributed by atoms with Gasteiger partial charge in [-0.05, 0) is 49.1 Å². The molecule has 11 heteroatoms. The molecule has 0 amide bonds. The number of nitrogens with zero attached hydrogens (tertiary/aromatic N) is 6. The molecule has 206 valence electrons. The van der Waals surface area contributed by atoms with E-state index in [1.54, 1.807) is 21.6 Å². The Bertz CT molecular complexity index is 1750. The highest BCUT2D eigenvalue weighted by molar-refractivity contribution is 6.08. The van der Waals surface area contributed by atoms with E-state index in [0.29, 0.717) is 59.5 Å². The molecule has 1 atom stereocenters. The van der Waals surface area contributed by atoms with E-state index in [0.717, 1.165) is 43.9 Å². The number of ether oxygens (including phenoxy) is 2. The molecule has 0 N–H and O–H groups in total. The summed E-state index contributed by atoms with van der Waals surface area (Å²) in [5.41, 5.74) is 2.91. The molecular formula is C29H29FN6O4. The molecule has 2 aliphatic rings. The maximum absolute atomic E-state index is 15.6. The number of anilines is 1. The number of morpholine rings is 1. The fourth-order valence-corrected chi connectivity index (χ4v) is 5.67. The Hall–Kier alpha value is -4.09. The van der Waals surface area contributed by atoms with Gasteiger partial charge in [0.2, 0.25) is 0 Å². The van der Waals surface area contributed by atoms with Crippen LogP contribution in [0, 0.1) is 5.82 Å². The quantitative estimate of drug-likeness (QED) is 0.314. The Kier molecular flexibility index (Phi) is 6.32. The van der Waals surface area contributed by atoms with Crippen molar-refractivity contribution in [2.75, 3.05) is 37.8 Å². The van der Waals surface area contributed by atoms with E-state index in [4.69, 9.17) is 13.9 Å². The molecule has 2 fully saturated rings. The number of pyridine rings is 1. The lowest BCUT2D eigenvalue weighted by atomic mass is 10.1. The zero-order valence-electron chi connectivity index (χ0n) is 22.2. The van der Waals surface area contributed by atoms with Crippen molar-refractivity contribution in [1.29, 1.82) is 0 Å². The molecule has 7 rings (SSSR count). The lowest BCUT2D eigenvalue weighted by Crippen LogP contribution is -2.36. The van der Waals surface area contributed by atoms with Crippen LogP contribution < -0.4 is 10.6 Å². The molecule has 5 aromatic rings. The average molecular weight is 545 g/mol. The molecule has 10 nitrogen and oxygen atoms in total. The fraction of sp³-hybridized carbons (Fsp3) is 0.379. The van der Waals surface area contributed by atoms with Crippen LogP contribution in [0.2, 0.25) is 0 Å². The Morgan fingerprint density at radius 1 is 1.05 bits per heavy atom. The van der Waals surface area contributed by atoms with E-state index in [2.05, 4.69) is 20.0 Å². The lowest BCUT2D eigenvalue weighted by molar-refractivity contribution is 0.100. The zero-order chi connectivity index (χ0) is 27.2. The van der Waals surface area contributed by atoms with Crippen molar-refractivity contribution in [3.8, 4) is 22.4 Å². The van der Waals surface area contributed by atoms with E-state index >= 15 is 4.39 Å². The van der Waals surface area contributed by atoms with Gasteiger partial charge in [-0.2, -0.15) is 10.1 Å². The van der Waals surface area contributed by atoms with Crippen LogP contribution in [-0.4, -0.2) is 63.3 Å². The number of hydrogen-bond acceptors (Lipinski definition) is 8. The van der Waals surface area contributed by atoms with Gasteiger partial charge in [-0.1, -0.05) is 0 Å². The third kappa shape index (κ3) is 4.44. The van der Waals surface area contributed by atoms with Gasteiger partial charge in [-0.15, -0.1) is 0 Å². The smallest absolute Gasteiger partial charge is 0.348 e. The summed E-state index contributed by atoms with van der Waals surface area (Å²) in [6, 6.07) is 7.07. The van der Waals surface area contributed by atoms with E-state index < -0.39 is 11.5 Å². The molecular weight excluding hydrogens is 515 g/mol. The first-order valence-corrected chi connectivity index (χ1v) is 13.6. The number of fused-ring (bicyclic) bond motifs is 3. The van der Waals surface area contributed by atoms with Crippen LogP contribution in [0.4, 0.5) is 10.2 Å². The minimum atomic E-state index is -0.516. The highest BCUT2D eigenvalue weighted by Crippen LogP contribution is 2.37. The van der Waals surface area contributed by atoms with E-state index in [1.165, 1.54) is 6.07 Å². The molecule has 1 aromatic carbocycles. The minimum absolute atomic E-state index is 0.0828. The second kappa shape index (κ2) is 10.1. The minimum Gasteiger partial charge on any atom is -0.449 e. The summed E-state index contributed by atoms with van der Waals surface area (Å²) in [6.07, 6.45) is 7.89. The van der Waals surface area contributed by atoms with Gasteiger partial charge in [0.15, 0.2) is 17.0 Å². The monoisotopic (exact) mass is 544 g/mol. The molecule has 0 aliphatic carbocycles. The first kappa shape index (κ1) is 24.9. The largest absolute Gasteiger partial charge is 0.449 e. The lowest BCUT2D eigenvalue weighted by Gasteiger charge is -2.27. The van der Waals surface area contributed by atoms with Crippen molar-refractivity contribution < 1.29 is 18.3 Å². The molecule has 0 bridgehead atoms. The number of halogens is 1. The molecule has 2 saturated heterocycles.